The summed E-state index contributed by atoms with van der Waals surface area (Å²) in [6.07, 6.45) is -1.04. The van der Waals surface area contributed by atoms with E-state index >= 15 is 0 Å². The third-order valence-electron chi connectivity index (χ3n) is 2.90. The Labute approximate surface area is 142 Å². The number of carbonyl (C=O) groups excluding carboxylic acids is 1. The number of halogens is 5. The molecule has 124 valence electrons. The highest BCUT2D eigenvalue weighted by molar-refractivity contribution is 6.33. The second-order valence-corrected chi connectivity index (χ2v) is 5.20. The number of alkyl halides is 3. The van der Waals surface area contributed by atoms with E-state index in [9.17, 15) is 18.0 Å². The van der Waals surface area contributed by atoms with E-state index < -0.39 is 17.6 Å². The maximum absolute atomic E-state index is 12.7. The van der Waals surface area contributed by atoms with Gasteiger partial charge in [-0.2, -0.15) is 17.7 Å². The van der Waals surface area contributed by atoms with E-state index in [-0.39, 0.29) is 29.7 Å². The molecule has 23 heavy (non-hydrogen) atoms. The van der Waals surface area contributed by atoms with Crippen LogP contribution in [0.25, 0.3) is 0 Å². The highest BCUT2D eigenvalue weighted by Gasteiger charge is 2.31. The molecule has 0 radical (unpaired) electrons. The summed E-state index contributed by atoms with van der Waals surface area (Å²) in [4.78, 5) is 11.9. The Bertz CT molecular complexity index is 705. The van der Waals surface area contributed by atoms with Gasteiger partial charge in [-0.25, -0.2) is 0 Å². The van der Waals surface area contributed by atoms with Gasteiger partial charge in [0.1, 0.15) is 0 Å². The van der Waals surface area contributed by atoms with Gasteiger partial charge in [0.2, 0.25) is 6.54 Å². The molecule has 0 atom stereocenters. The number of nitrogens with zero attached hydrogens (tertiary/aromatic N) is 1. The number of hydrogen-bond donors (Lipinski definition) is 1. The minimum Gasteiger partial charge on any atom is -1.00 e. The van der Waals surface area contributed by atoms with E-state index in [4.69, 9.17) is 11.6 Å². The zero-order valence-corrected chi connectivity index (χ0v) is 13.5. The molecule has 3 nitrogen and oxygen atoms in total. The Morgan fingerprint density at radius 3 is 2.61 bits per heavy atom. The molecule has 0 spiro atoms. The predicted molar refractivity (Wildman–Crippen MR) is 76.5 cm³/mol. The van der Waals surface area contributed by atoms with Crippen molar-refractivity contribution >= 4 is 23.2 Å². The van der Waals surface area contributed by atoms with E-state index in [2.05, 4.69) is 5.32 Å². The minimum atomic E-state index is -4.49. The van der Waals surface area contributed by atoms with Crippen molar-refractivity contribution in [1.29, 1.82) is 0 Å². The van der Waals surface area contributed by atoms with Gasteiger partial charge < -0.3 is 17.7 Å². The fraction of sp³-hybridized carbons (Fsp3) is 0.200. The van der Waals surface area contributed by atoms with Crippen LogP contribution in [-0.4, -0.2) is 5.91 Å². The lowest BCUT2D eigenvalue weighted by atomic mass is 10.2. The van der Waals surface area contributed by atoms with Crippen LogP contribution < -0.4 is 22.3 Å². The molecule has 8 heteroatoms. The molecular weight excluding hydrogens is 352 g/mol. The second-order valence-electron chi connectivity index (χ2n) is 4.79. The molecule has 1 aromatic heterocycles. The lowest BCUT2D eigenvalue weighted by Crippen LogP contribution is -3.00. The van der Waals surface area contributed by atoms with Gasteiger partial charge in [0.15, 0.2) is 12.4 Å². The van der Waals surface area contributed by atoms with E-state index in [0.29, 0.717) is 0 Å². The van der Waals surface area contributed by atoms with E-state index in [1.54, 1.807) is 23.0 Å². The normalized spacial score (nSPS) is 10.8. The van der Waals surface area contributed by atoms with Crippen LogP contribution in [0.4, 0.5) is 18.9 Å². The quantitative estimate of drug-likeness (QED) is 0.795. The summed E-state index contributed by atoms with van der Waals surface area (Å²) < 4.78 is 39.6. The van der Waals surface area contributed by atoms with Gasteiger partial charge >= 0.3 is 6.18 Å². The first-order valence-corrected chi connectivity index (χ1v) is 6.76. The van der Waals surface area contributed by atoms with Crippen LogP contribution in [0.2, 0.25) is 5.02 Å². The summed E-state index contributed by atoms with van der Waals surface area (Å²) in [5.41, 5.74) is 0.0394. The van der Waals surface area contributed by atoms with Gasteiger partial charge in [0.05, 0.1) is 16.3 Å². The van der Waals surface area contributed by atoms with Gasteiger partial charge in [-0.1, -0.05) is 11.6 Å². The summed E-state index contributed by atoms with van der Waals surface area (Å²) in [5.74, 6) is -0.461. The van der Waals surface area contributed by atoms with Crippen molar-refractivity contribution in [3.8, 4) is 0 Å². The number of benzene rings is 1. The summed E-state index contributed by atoms with van der Waals surface area (Å²) in [6, 6.07) is 6.45. The molecule has 1 heterocycles. The molecular formula is C15H13Cl2F3N2O. The lowest BCUT2D eigenvalue weighted by Gasteiger charge is -2.11. The molecule has 0 saturated heterocycles. The topological polar surface area (TPSA) is 33.0 Å². The number of aryl methyl sites for hydroxylation is 1. The maximum Gasteiger partial charge on any atom is 0.416 e. The second kappa shape index (κ2) is 7.66. The van der Waals surface area contributed by atoms with Crippen LogP contribution in [0, 0.1) is 6.92 Å². The molecule has 1 N–H and O–H groups in total. The maximum atomic E-state index is 12.7. The van der Waals surface area contributed by atoms with Crippen LogP contribution in [0.1, 0.15) is 11.1 Å². The minimum absolute atomic E-state index is 0. The molecule has 0 bridgehead atoms. The molecule has 0 aliphatic rings. The number of carbonyl (C=O) groups is 1. The van der Waals surface area contributed by atoms with E-state index in [1.807, 2.05) is 13.0 Å². The van der Waals surface area contributed by atoms with Crippen molar-refractivity contribution in [2.45, 2.75) is 19.6 Å². The van der Waals surface area contributed by atoms with Crippen LogP contribution in [0.3, 0.4) is 0 Å². The number of nitrogens with one attached hydrogen (secondary N) is 1. The molecule has 0 aliphatic heterocycles. The standard InChI is InChI=1S/C15H12ClF3N2O.ClH/c1-10-3-2-6-21(8-10)9-14(22)20-13-7-11(15(17,18)19)4-5-12(13)16;/h2-8H,9H2,1H3;1H. The van der Waals surface area contributed by atoms with Gasteiger partial charge in [-0.3, -0.25) is 4.79 Å². The largest absolute Gasteiger partial charge is 1.00 e. The van der Waals surface area contributed by atoms with Crippen molar-refractivity contribution in [2.24, 2.45) is 0 Å². The summed E-state index contributed by atoms with van der Waals surface area (Å²) in [7, 11) is 0. The van der Waals surface area contributed by atoms with Gasteiger partial charge in [-0.05, 0) is 31.2 Å². The van der Waals surface area contributed by atoms with Crippen molar-refractivity contribution in [2.75, 3.05) is 5.32 Å². The zero-order valence-electron chi connectivity index (χ0n) is 12.0. The fourth-order valence-electron chi connectivity index (χ4n) is 1.90. The Morgan fingerprint density at radius 1 is 1.30 bits per heavy atom. The number of anilines is 1. The molecule has 0 saturated carbocycles. The van der Waals surface area contributed by atoms with Crippen LogP contribution >= 0.6 is 11.6 Å². The average molecular weight is 365 g/mol. The first-order chi connectivity index (χ1) is 10.3. The van der Waals surface area contributed by atoms with Crippen LogP contribution in [-0.2, 0) is 17.5 Å². The van der Waals surface area contributed by atoms with Crippen LogP contribution in [0.15, 0.2) is 42.7 Å². The van der Waals surface area contributed by atoms with Crippen molar-refractivity contribution in [1.82, 2.24) is 0 Å². The molecule has 0 aliphatic carbocycles. The smallest absolute Gasteiger partial charge is 0.416 e. The van der Waals surface area contributed by atoms with Gasteiger partial charge in [0, 0.05) is 11.6 Å². The summed E-state index contributed by atoms with van der Waals surface area (Å²) in [5, 5.41) is 2.45. The zero-order chi connectivity index (χ0) is 16.3. The number of amides is 1. The van der Waals surface area contributed by atoms with Crippen molar-refractivity contribution in [3.63, 3.8) is 0 Å². The monoisotopic (exact) mass is 364 g/mol. The molecule has 0 fully saturated rings. The SMILES string of the molecule is Cc1ccc[n+](CC(=O)Nc2cc(C(F)(F)F)ccc2Cl)c1.[Cl-]. The number of rotatable bonds is 3. The summed E-state index contributed by atoms with van der Waals surface area (Å²) in [6.45, 7) is 1.85. The summed E-state index contributed by atoms with van der Waals surface area (Å²) >= 11 is 5.83. The Kier molecular flexibility index (Phi) is 6.41. The van der Waals surface area contributed by atoms with Gasteiger partial charge in [-0.15, -0.1) is 0 Å². The van der Waals surface area contributed by atoms with Crippen molar-refractivity contribution < 1.29 is 34.9 Å². The van der Waals surface area contributed by atoms with Crippen LogP contribution in [0.5, 0.6) is 0 Å². The third-order valence-corrected chi connectivity index (χ3v) is 3.23. The van der Waals surface area contributed by atoms with E-state index in [0.717, 1.165) is 23.8 Å². The molecule has 2 rings (SSSR count). The van der Waals surface area contributed by atoms with E-state index in [1.165, 1.54) is 0 Å². The Hall–Kier alpha value is -1.79. The number of aromatic nitrogens is 1. The molecule has 1 amide bonds. The predicted octanol–water partition coefficient (Wildman–Crippen LogP) is 0.597. The fourth-order valence-corrected chi connectivity index (χ4v) is 2.07. The highest BCUT2D eigenvalue weighted by Crippen LogP contribution is 2.33. The molecule has 2 aromatic rings. The Morgan fingerprint density at radius 2 is 2.00 bits per heavy atom. The van der Waals surface area contributed by atoms with Gasteiger partial charge in [0.25, 0.3) is 5.91 Å². The average Bonchev–Trinajstić information content (AvgIpc) is 2.40. The first-order valence-electron chi connectivity index (χ1n) is 6.38. The number of hydrogen-bond acceptors (Lipinski definition) is 1. The highest BCUT2D eigenvalue weighted by atomic mass is 35.5. The lowest BCUT2D eigenvalue weighted by molar-refractivity contribution is -0.684. The number of pyridine rings is 1. The molecule has 0 unspecified atom stereocenters. The third kappa shape index (κ3) is 5.41. The van der Waals surface area contributed by atoms with Crippen molar-refractivity contribution in [3.05, 3.63) is 58.9 Å². The molecule has 1 aromatic carbocycles. The first kappa shape index (κ1) is 19.3. The Balaban J connectivity index is 0.00000264.